The van der Waals surface area contributed by atoms with E-state index in [0.29, 0.717) is 74.8 Å². The zero-order valence-electron chi connectivity index (χ0n) is 37.8. The zero-order valence-corrected chi connectivity index (χ0v) is 39.4. The first-order chi connectivity index (χ1) is 33.0. The standard InChI is InChI=1S/C44H59N11O12S2/c45-39(56)14-16-44(47,42(46)60)15-1-22-65-24-26-67-27-25-66-23-3-18-53-68(61,62)35-9-4-31(5-10-35)32-6-11-36(12-7-32)69(63,64)54-37(41(58)59)30-51-40(57)33-8-13-38-34(28-33)29-52-55(38)21-2-17-48-43-49-19-20-50-43/h4-13,19-20,28-29,37,53-54H,1-3,14-18,21-27,30,47H2,(H2,45,56)(H2,46,60)(H,51,57)(H,58,59)(H2,48,49,50). The van der Waals surface area contributed by atoms with Gasteiger partial charge in [-0.3, -0.25) is 23.9 Å². The van der Waals surface area contributed by atoms with Gasteiger partial charge in [0, 0.05) is 69.2 Å². The van der Waals surface area contributed by atoms with Gasteiger partial charge in [0.1, 0.15) is 6.04 Å². The molecule has 25 heteroatoms. The fourth-order valence-corrected chi connectivity index (χ4v) is 9.07. The van der Waals surface area contributed by atoms with Crippen LogP contribution in [0.1, 0.15) is 48.9 Å². The van der Waals surface area contributed by atoms with E-state index < -0.39 is 61.9 Å². The summed E-state index contributed by atoms with van der Waals surface area (Å²) in [5, 5.41) is 20.6. The van der Waals surface area contributed by atoms with Gasteiger partial charge in [-0.15, -0.1) is 0 Å². The molecule has 2 heterocycles. The number of hydrogen-bond acceptors (Lipinski definition) is 15. The Morgan fingerprint density at radius 2 is 1.41 bits per heavy atom. The topological polar surface area (TPSA) is 357 Å². The third-order valence-electron chi connectivity index (χ3n) is 10.7. The van der Waals surface area contributed by atoms with Crippen LogP contribution in [0.2, 0.25) is 0 Å². The van der Waals surface area contributed by atoms with E-state index >= 15 is 0 Å². The second-order valence-corrected chi connectivity index (χ2v) is 19.3. The zero-order chi connectivity index (χ0) is 49.9. The molecule has 23 nitrogen and oxygen atoms in total. The number of carbonyl (C=O) groups excluding carboxylic acids is 3. The first-order valence-electron chi connectivity index (χ1n) is 22.0. The monoisotopic (exact) mass is 997 g/mol. The molecule has 0 saturated carbocycles. The average Bonchev–Trinajstić information content (AvgIpc) is 4.01. The van der Waals surface area contributed by atoms with Crippen molar-refractivity contribution in [1.29, 1.82) is 0 Å². The predicted molar refractivity (Wildman–Crippen MR) is 253 cm³/mol. The molecule has 2 unspecified atom stereocenters. The first-order valence-corrected chi connectivity index (χ1v) is 25.0. The Bertz CT molecular complexity index is 2690. The van der Waals surface area contributed by atoms with E-state index in [4.69, 9.17) is 31.4 Å². The molecule has 2 atom stereocenters. The van der Waals surface area contributed by atoms with Gasteiger partial charge in [-0.25, -0.2) is 26.5 Å². The molecule has 2 aromatic heterocycles. The minimum atomic E-state index is -4.36. The number of amides is 3. The molecule has 374 valence electrons. The van der Waals surface area contributed by atoms with Crippen molar-refractivity contribution in [3.8, 4) is 11.1 Å². The summed E-state index contributed by atoms with van der Waals surface area (Å²) >= 11 is 0. The minimum Gasteiger partial charge on any atom is -0.480 e. The number of aryl methyl sites for hydroxylation is 1. The predicted octanol–water partition coefficient (Wildman–Crippen LogP) is 1.04. The number of carboxylic acid groups (broad SMARTS) is 1. The second-order valence-electron chi connectivity index (χ2n) is 15.8. The largest absolute Gasteiger partial charge is 0.480 e. The molecule has 69 heavy (non-hydrogen) atoms. The van der Waals surface area contributed by atoms with Crippen molar-refractivity contribution in [1.82, 2.24) is 34.5 Å². The number of aromatic amines is 1. The normalized spacial score (nSPS) is 13.2. The highest BCUT2D eigenvalue weighted by Gasteiger charge is 2.31. The van der Waals surface area contributed by atoms with Crippen LogP contribution < -0.4 is 37.3 Å². The lowest BCUT2D eigenvalue weighted by Gasteiger charge is -2.25. The van der Waals surface area contributed by atoms with Crippen LogP contribution in [0.25, 0.3) is 22.0 Å². The lowest BCUT2D eigenvalue weighted by molar-refractivity contribution is -0.138. The number of primary amides is 2. The number of sulfonamides is 2. The number of aromatic nitrogens is 4. The number of ether oxygens (including phenoxy) is 3. The highest BCUT2D eigenvalue weighted by Crippen LogP contribution is 2.24. The van der Waals surface area contributed by atoms with Crippen LogP contribution >= 0.6 is 0 Å². The van der Waals surface area contributed by atoms with Gasteiger partial charge in [0.2, 0.25) is 31.9 Å². The summed E-state index contributed by atoms with van der Waals surface area (Å²) < 4.78 is 75.2. The summed E-state index contributed by atoms with van der Waals surface area (Å²) in [5.74, 6) is -2.69. The number of imidazole rings is 1. The Labute approximate surface area is 399 Å². The Balaban J connectivity index is 0.978. The summed E-state index contributed by atoms with van der Waals surface area (Å²) in [6.45, 7) is 2.65. The van der Waals surface area contributed by atoms with Crippen LogP contribution in [0.15, 0.2) is 95.1 Å². The second kappa shape index (κ2) is 25.9. The fourth-order valence-electron chi connectivity index (χ4n) is 6.80. The molecular weight excluding hydrogens is 939 g/mol. The van der Waals surface area contributed by atoms with E-state index in [9.17, 15) is 41.1 Å². The van der Waals surface area contributed by atoms with Crippen LogP contribution in [-0.2, 0) is 55.2 Å². The number of carbonyl (C=O) groups is 4. The molecule has 3 aromatic carbocycles. The van der Waals surface area contributed by atoms with Crippen LogP contribution in [-0.4, -0.2) is 136 Å². The molecule has 3 amide bonds. The number of carboxylic acids is 1. The van der Waals surface area contributed by atoms with Crippen LogP contribution in [0.4, 0.5) is 5.95 Å². The van der Waals surface area contributed by atoms with E-state index in [1.807, 2.05) is 4.68 Å². The highest BCUT2D eigenvalue weighted by atomic mass is 32.2. The average molecular weight is 998 g/mol. The Morgan fingerprint density at radius 1 is 0.783 bits per heavy atom. The molecule has 5 rings (SSSR count). The van der Waals surface area contributed by atoms with Gasteiger partial charge >= 0.3 is 5.97 Å². The van der Waals surface area contributed by atoms with Crippen molar-refractivity contribution in [2.45, 2.75) is 66.4 Å². The number of H-pyrrole nitrogens is 1. The third-order valence-corrected chi connectivity index (χ3v) is 13.7. The number of benzene rings is 3. The Kier molecular flexibility index (Phi) is 20.1. The fraction of sp³-hybridized carbons (Fsp3) is 0.409. The lowest BCUT2D eigenvalue weighted by atomic mass is 9.88. The molecule has 0 radical (unpaired) electrons. The van der Waals surface area contributed by atoms with Crippen molar-refractivity contribution >= 4 is 60.6 Å². The van der Waals surface area contributed by atoms with E-state index in [2.05, 4.69) is 35.1 Å². The number of nitrogens with two attached hydrogens (primary N) is 3. The summed E-state index contributed by atoms with van der Waals surface area (Å²) in [6, 6.07) is 14.8. The number of hydrogen-bond donors (Lipinski definition) is 9. The van der Waals surface area contributed by atoms with Crippen molar-refractivity contribution < 1.29 is 55.3 Å². The van der Waals surface area contributed by atoms with Crippen molar-refractivity contribution in [2.24, 2.45) is 17.2 Å². The molecule has 0 aliphatic rings. The molecule has 0 spiro atoms. The van der Waals surface area contributed by atoms with Gasteiger partial charge in [-0.2, -0.15) is 9.82 Å². The van der Waals surface area contributed by atoms with Gasteiger partial charge in [-0.1, -0.05) is 24.3 Å². The molecule has 0 fully saturated rings. The number of anilines is 1. The maximum Gasteiger partial charge on any atom is 0.323 e. The summed E-state index contributed by atoms with van der Waals surface area (Å²) in [4.78, 5) is 54.7. The number of fused-ring (bicyclic) bond motifs is 1. The van der Waals surface area contributed by atoms with Crippen LogP contribution in [0.3, 0.4) is 0 Å². The Morgan fingerprint density at radius 3 is 2.00 bits per heavy atom. The van der Waals surface area contributed by atoms with E-state index in [0.717, 1.165) is 11.9 Å². The van der Waals surface area contributed by atoms with Gasteiger partial charge in [0.15, 0.2) is 5.95 Å². The quantitative estimate of drug-likeness (QED) is 0.0265. The molecule has 5 aromatic rings. The maximum atomic E-state index is 13.2. The molecule has 0 aliphatic carbocycles. The smallest absolute Gasteiger partial charge is 0.323 e. The first kappa shape index (κ1) is 53.6. The van der Waals surface area contributed by atoms with Gasteiger partial charge in [-0.05, 0) is 85.7 Å². The summed E-state index contributed by atoms with van der Waals surface area (Å²) in [6.07, 6.45) is 6.89. The van der Waals surface area contributed by atoms with E-state index in [-0.39, 0.29) is 54.4 Å². The van der Waals surface area contributed by atoms with E-state index in [1.54, 1.807) is 48.9 Å². The third kappa shape index (κ3) is 16.7. The van der Waals surface area contributed by atoms with Crippen molar-refractivity contribution in [2.75, 3.05) is 64.6 Å². The SMILES string of the molecule is NC(=O)CCC(N)(CCCOCCOCCOCCCNS(=O)(=O)c1ccc(-c2ccc(S(=O)(=O)NC(CNC(=O)c3ccc4c(cnn4CCCNc4ncc[nH]4)c3)C(=O)O)cc2)cc1)C(N)=O. The van der Waals surface area contributed by atoms with Crippen molar-refractivity contribution in [3.63, 3.8) is 0 Å². The molecule has 0 bridgehead atoms. The van der Waals surface area contributed by atoms with Gasteiger partial charge in [0.25, 0.3) is 5.91 Å². The number of aliphatic carboxylic acids is 1. The van der Waals surface area contributed by atoms with Gasteiger partial charge < -0.3 is 52.1 Å². The van der Waals surface area contributed by atoms with Crippen molar-refractivity contribution in [3.05, 3.63) is 90.9 Å². The summed E-state index contributed by atoms with van der Waals surface area (Å²) in [7, 11) is -8.20. The highest BCUT2D eigenvalue weighted by molar-refractivity contribution is 7.89. The molecule has 0 aliphatic heterocycles. The molecular formula is C44H59N11O12S2. The molecule has 0 saturated heterocycles. The number of nitrogens with zero attached hydrogens (tertiary/aromatic N) is 3. The summed E-state index contributed by atoms with van der Waals surface area (Å²) in [5.41, 5.74) is 17.4. The lowest BCUT2D eigenvalue weighted by Crippen LogP contribution is -2.52. The molecule has 12 N–H and O–H groups in total. The number of nitrogens with one attached hydrogen (secondary N) is 5. The van der Waals surface area contributed by atoms with Gasteiger partial charge in [0.05, 0.1) is 53.5 Å². The minimum absolute atomic E-state index is 0.0227. The maximum absolute atomic E-state index is 13.2. The van der Waals surface area contributed by atoms with Crippen LogP contribution in [0, 0.1) is 0 Å². The number of rotatable bonds is 33. The van der Waals surface area contributed by atoms with Crippen LogP contribution in [0.5, 0.6) is 0 Å². The Hall–Kier alpha value is -6.32. The van der Waals surface area contributed by atoms with E-state index in [1.165, 1.54) is 36.4 Å².